The quantitative estimate of drug-likeness (QED) is 0.305. The zero-order valence-electron chi connectivity index (χ0n) is 16.2. The molecule has 2 N–H and O–H groups in total. The Morgan fingerprint density at radius 1 is 1.37 bits per heavy atom. The third-order valence-electron chi connectivity index (χ3n) is 4.35. The van der Waals surface area contributed by atoms with Gasteiger partial charge in [0.2, 0.25) is 0 Å². The molecule has 1 fully saturated rings. The maximum absolute atomic E-state index is 12.5. The molecule has 1 atom stereocenters. The summed E-state index contributed by atoms with van der Waals surface area (Å²) in [5.41, 5.74) is 0. The molecular weight excluding hydrogens is 499 g/mol. The van der Waals surface area contributed by atoms with E-state index in [-0.39, 0.29) is 30.1 Å². The van der Waals surface area contributed by atoms with Crippen molar-refractivity contribution >= 4 is 51.3 Å². The number of guanidine groups is 1. The highest BCUT2D eigenvalue weighted by atomic mass is 127. The maximum Gasteiger partial charge on any atom is 0.252 e. The monoisotopic (exact) mass is 530 g/mol. The summed E-state index contributed by atoms with van der Waals surface area (Å²) in [5.74, 6) is 0.816. The van der Waals surface area contributed by atoms with E-state index >= 15 is 0 Å². The van der Waals surface area contributed by atoms with Crippen molar-refractivity contribution in [3.8, 4) is 0 Å². The van der Waals surface area contributed by atoms with Crippen LogP contribution in [0.5, 0.6) is 0 Å². The average Bonchev–Trinajstić information content (AvgIpc) is 3.24. The number of β-amino-alcohol motifs (C(OH)–C–C–N with tert-alkyl or cyclic N) is 1. The molecule has 0 amide bonds. The Morgan fingerprint density at radius 2 is 2.07 bits per heavy atom. The van der Waals surface area contributed by atoms with Crippen molar-refractivity contribution in [2.45, 2.75) is 43.9 Å². The number of hydrogen-bond acceptors (Lipinski definition) is 5. The Labute approximate surface area is 183 Å². The number of rotatable bonds is 8. The fourth-order valence-corrected chi connectivity index (χ4v) is 5.91. The Hall–Kier alpha value is -0.430. The molecule has 0 aliphatic carbocycles. The molecule has 2 heterocycles. The number of aliphatic hydroxyl groups excluding tert-OH is 1. The molecule has 0 saturated carbocycles. The van der Waals surface area contributed by atoms with E-state index in [2.05, 4.69) is 15.2 Å². The van der Waals surface area contributed by atoms with Crippen molar-refractivity contribution < 1.29 is 13.5 Å². The minimum absolute atomic E-state index is 0. The van der Waals surface area contributed by atoms with Crippen LogP contribution in [0.1, 0.15) is 32.1 Å². The molecule has 1 aliphatic heterocycles. The molecular formula is C17H31IN4O3S2. The zero-order chi connectivity index (χ0) is 19.2. The van der Waals surface area contributed by atoms with Crippen molar-refractivity contribution in [1.82, 2.24) is 14.5 Å². The average molecular weight is 530 g/mol. The summed E-state index contributed by atoms with van der Waals surface area (Å²) in [6.07, 6.45) is 1.18. The number of likely N-dealkylation sites (tertiary alicyclic amines) is 1. The standard InChI is InChI=1S/C17H30N4O3S2.HI/c1-4-18-17(20-12-10-14(22)13-20)19-11-9-15-7-8-16(25-15)26(23,24)21(5-2)6-3;/h7-8,14,22H,4-6,9-13H2,1-3H3,(H,18,19);1H/t14-;/m1./s1. The Bertz CT molecular complexity index is 705. The topological polar surface area (TPSA) is 85.2 Å². The van der Waals surface area contributed by atoms with E-state index in [1.807, 2.05) is 26.8 Å². The SMILES string of the molecule is CCNC(=NCCc1ccc(S(=O)(=O)N(CC)CC)s1)N1CC[C@@H](O)C1.I. The number of nitrogens with one attached hydrogen (secondary N) is 1. The fourth-order valence-electron chi connectivity index (χ4n) is 2.95. The number of halogens is 1. The van der Waals surface area contributed by atoms with E-state index in [9.17, 15) is 13.5 Å². The first kappa shape index (κ1) is 24.6. The Kier molecular flexibility index (Phi) is 10.5. The third-order valence-corrected chi connectivity index (χ3v) is 8.02. The number of aliphatic imine (C=N–C) groups is 1. The highest BCUT2D eigenvalue weighted by molar-refractivity contribution is 14.0. The lowest BCUT2D eigenvalue weighted by molar-refractivity contribution is 0.188. The molecule has 1 aromatic rings. The van der Waals surface area contributed by atoms with Crippen molar-refractivity contribution in [3.05, 3.63) is 17.0 Å². The lowest BCUT2D eigenvalue weighted by atomic mass is 10.3. The lowest BCUT2D eigenvalue weighted by Gasteiger charge is -2.20. The van der Waals surface area contributed by atoms with Crippen LogP contribution < -0.4 is 5.32 Å². The number of thiophene rings is 1. The van der Waals surface area contributed by atoms with Gasteiger partial charge in [0.15, 0.2) is 5.96 Å². The van der Waals surface area contributed by atoms with Crippen molar-refractivity contribution in [2.75, 3.05) is 39.3 Å². The smallest absolute Gasteiger partial charge is 0.252 e. The van der Waals surface area contributed by atoms with Crippen molar-refractivity contribution in [1.29, 1.82) is 0 Å². The summed E-state index contributed by atoms with van der Waals surface area (Å²) in [6, 6.07) is 3.57. The van der Waals surface area contributed by atoms with Crippen molar-refractivity contribution in [3.63, 3.8) is 0 Å². The van der Waals surface area contributed by atoms with E-state index in [1.54, 1.807) is 6.07 Å². The summed E-state index contributed by atoms with van der Waals surface area (Å²) in [4.78, 5) is 7.71. The summed E-state index contributed by atoms with van der Waals surface area (Å²) in [7, 11) is -3.38. The largest absolute Gasteiger partial charge is 0.391 e. The molecule has 0 unspecified atom stereocenters. The Morgan fingerprint density at radius 3 is 2.63 bits per heavy atom. The highest BCUT2D eigenvalue weighted by Gasteiger charge is 2.24. The van der Waals surface area contributed by atoms with E-state index in [0.717, 1.165) is 30.3 Å². The van der Waals surface area contributed by atoms with Crippen LogP contribution in [0.3, 0.4) is 0 Å². The van der Waals surface area contributed by atoms with Crippen molar-refractivity contribution in [2.24, 2.45) is 4.99 Å². The van der Waals surface area contributed by atoms with E-state index < -0.39 is 10.0 Å². The minimum atomic E-state index is -3.38. The van der Waals surface area contributed by atoms with E-state index in [1.165, 1.54) is 15.6 Å². The van der Waals surface area contributed by atoms with Crippen LogP contribution in [-0.2, 0) is 16.4 Å². The summed E-state index contributed by atoms with van der Waals surface area (Å²) >= 11 is 1.32. The highest BCUT2D eigenvalue weighted by Crippen LogP contribution is 2.25. The molecule has 1 saturated heterocycles. The zero-order valence-corrected chi connectivity index (χ0v) is 20.2. The molecule has 0 bridgehead atoms. The second-order valence-corrected chi connectivity index (χ2v) is 9.52. The van der Waals surface area contributed by atoms with Crippen LogP contribution in [0.2, 0.25) is 0 Å². The molecule has 1 aromatic heterocycles. The van der Waals surface area contributed by atoms with Gasteiger partial charge in [-0.2, -0.15) is 4.31 Å². The molecule has 27 heavy (non-hydrogen) atoms. The lowest BCUT2D eigenvalue weighted by Crippen LogP contribution is -2.40. The van der Waals surface area contributed by atoms with Gasteiger partial charge in [-0.3, -0.25) is 4.99 Å². The van der Waals surface area contributed by atoms with Crippen LogP contribution in [0.15, 0.2) is 21.3 Å². The van der Waals surface area contributed by atoms with E-state index in [0.29, 0.717) is 36.8 Å². The van der Waals surface area contributed by atoms with Gasteiger partial charge in [0, 0.05) is 50.6 Å². The van der Waals surface area contributed by atoms with Gasteiger partial charge in [0.1, 0.15) is 4.21 Å². The normalized spacial score (nSPS) is 18.0. The number of sulfonamides is 1. The number of hydrogen-bond donors (Lipinski definition) is 2. The predicted octanol–water partition coefficient (Wildman–Crippen LogP) is 1.97. The van der Waals surface area contributed by atoms with Crippen LogP contribution in [-0.4, -0.2) is 74.1 Å². The van der Waals surface area contributed by atoms with Gasteiger partial charge in [-0.05, 0) is 25.5 Å². The fraction of sp³-hybridized carbons (Fsp3) is 0.706. The first-order chi connectivity index (χ1) is 12.4. The first-order valence-electron chi connectivity index (χ1n) is 9.22. The van der Waals surface area contributed by atoms with Crippen LogP contribution in [0, 0.1) is 0 Å². The van der Waals surface area contributed by atoms with Gasteiger partial charge < -0.3 is 15.3 Å². The molecule has 7 nitrogen and oxygen atoms in total. The third kappa shape index (κ3) is 6.55. The van der Waals surface area contributed by atoms with Gasteiger partial charge in [0.05, 0.1) is 6.10 Å². The maximum atomic E-state index is 12.5. The second kappa shape index (κ2) is 11.5. The van der Waals surface area contributed by atoms with Gasteiger partial charge in [-0.15, -0.1) is 35.3 Å². The van der Waals surface area contributed by atoms with Crippen LogP contribution in [0.4, 0.5) is 0 Å². The van der Waals surface area contributed by atoms with E-state index in [4.69, 9.17) is 0 Å². The molecule has 2 rings (SSSR count). The van der Waals surface area contributed by atoms with Gasteiger partial charge in [0.25, 0.3) is 10.0 Å². The molecule has 1 aliphatic rings. The summed E-state index contributed by atoms with van der Waals surface area (Å²) < 4.78 is 27.0. The minimum Gasteiger partial charge on any atom is -0.391 e. The molecule has 0 radical (unpaired) electrons. The van der Waals surface area contributed by atoms with Gasteiger partial charge >= 0.3 is 0 Å². The number of aliphatic hydroxyl groups is 1. The van der Waals surface area contributed by atoms with Gasteiger partial charge in [-0.1, -0.05) is 13.8 Å². The van der Waals surface area contributed by atoms with Crippen LogP contribution in [0.25, 0.3) is 0 Å². The van der Waals surface area contributed by atoms with Gasteiger partial charge in [-0.25, -0.2) is 8.42 Å². The number of nitrogens with zero attached hydrogens (tertiary/aromatic N) is 3. The molecule has 0 aromatic carbocycles. The first-order valence-corrected chi connectivity index (χ1v) is 11.5. The summed E-state index contributed by atoms with van der Waals surface area (Å²) in [5, 5.41) is 13.0. The predicted molar refractivity (Wildman–Crippen MR) is 122 cm³/mol. The Balaban J connectivity index is 0.00000364. The summed E-state index contributed by atoms with van der Waals surface area (Å²) in [6.45, 7) is 9.44. The molecule has 0 spiro atoms. The second-order valence-electron chi connectivity index (χ2n) is 6.18. The molecule has 10 heteroatoms. The molecule has 156 valence electrons. The van der Waals surface area contributed by atoms with Crippen LogP contribution >= 0.6 is 35.3 Å².